The molecule has 0 aliphatic carbocycles. The lowest BCUT2D eigenvalue weighted by Gasteiger charge is -2.24. The van der Waals surface area contributed by atoms with E-state index in [9.17, 15) is 9.59 Å². The van der Waals surface area contributed by atoms with Gasteiger partial charge in [-0.05, 0) is 17.9 Å². The zero-order valence-electron chi connectivity index (χ0n) is 9.76. The van der Waals surface area contributed by atoms with E-state index in [2.05, 4.69) is 0 Å². The fraction of sp³-hybridized carbons (Fsp3) is 0.500. The average molecular weight is 252 g/mol. The summed E-state index contributed by atoms with van der Waals surface area (Å²) < 4.78 is 0. The lowest BCUT2D eigenvalue weighted by molar-refractivity contribution is -0.136. The first-order valence-corrected chi connectivity index (χ1v) is 6.63. The van der Waals surface area contributed by atoms with Crippen molar-refractivity contribution in [3.8, 4) is 0 Å². The third-order valence-corrected chi connectivity index (χ3v) is 4.23. The fourth-order valence-corrected chi connectivity index (χ4v) is 3.14. The Morgan fingerprint density at radius 3 is 3.00 bits per heavy atom. The minimum atomic E-state index is -0.451. The first-order valence-electron chi connectivity index (χ1n) is 5.75. The number of primary amides is 1. The molecule has 5 heteroatoms. The van der Waals surface area contributed by atoms with E-state index in [0.717, 1.165) is 0 Å². The Labute approximate surface area is 104 Å². The van der Waals surface area contributed by atoms with Gasteiger partial charge in [0, 0.05) is 23.8 Å². The average Bonchev–Trinajstić information content (AvgIpc) is 2.89. The van der Waals surface area contributed by atoms with Crippen LogP contribution in [0.15, 0.2) is 17.5 Å². The molecule has 2 heterocycles. The number of carbonyl (C=O) groups is 2. The zero-order valence-corrected chi connectivity index (χ0v) is 10.6. The molecule has 1 saturated heterocycles. The van der Waals surface area contributed by atoms with Crippen LogP contribution < -0.4 is 5.73 Å². The summed E-state index contributed by atoms with van der Waals surface area (Å²) in [4.78, 5) is 26.0. The number of nitrogens with two attached hydrogens (primary N) is 1. The van der Waals surface area contributed by atoms with Gasteiger partial charge in [0.05, 0.1) is 0 Å². The van der Waals surface area contributed by atoms with Crippen molar-refractivity contribution in [2.45, 2.75) is 31.7 Å². The molecule has 2 atom stereocenters. The van der Waals surface area contributed by atoms with E-state index in [1.807, 2.05) is 24.4 Å². The van der Waals surface area contributed by atoms with Gasteiger partial charge in [0.15, 0.2) is 0 Å². The molecule has 0 saturated carbocycles. The zero-order chi connectivity index (χ0) is 12.4. The second-order valence-electron chi connectivity index (χ2n) is 4.29. The highest BCUT2D eigenvalue weighted by molar-refractivity contribution is 7.10. The number of nitrogens with zero attached hydrogens (tertiary/aromatic N) is 1. The molecule has 1 aliphatic rings. The van der Waals surface area contributed by atoms with Crippen molar-refractivity contribution in [3.63, 3.8) is 0 Å². The number of hydrogen-bond acceptors (Lipinski definition) is 3. The molecule has 0 bridgehead atoms. The van der Waals surface area contributed by atoms with Crippen LogP contribution in [0.1, 0.15) is 30.6 Å². The SMILES string of the molecule is CC[C@@H](C(N)=O)N1CC(c2cccs2)CC1=O. The summed E-state index contributed by atoms with van der Waals surface area (Å²) in [6.45, 7) is 2.49. The molecule has 1 unspecified atom stereocenters. The molecule has 1 aliphatic heterocycles. The number of carbonyl (C=O) groups excluding carboxylic acids is 2. The Morgan fingerprint density at radius 1 is 1.71 bits per heavy atom. The van der Waals surface area contributed by atoms with Gasteiger partial charge in [0.25, 0.3) is 0 Å². The van der Waals surface area contributed by atoms with Crippen molar-refractivity contribution < 1.29 is 9.59 Å². The quantitative estimate of drug-likeness (QED) is 0.878. The molecule has 92 valence electrons. The predicted molar refractivity (Wildman–Crippen MR) is 66.7 cm³/mol. The minimum Gasteiger partial charge on any atom is -0.368 e. The van der Waals surface area contributed by atoms with Gasteiger partial charge in [-0.1, -0.05) is 13.0 Å². The van der Waals surface area contributed by atoms with E-state index in [4.69, 9.17) is 5.73 Å². The third-order valence-electron chi connectivity index (χ3n) is 3.20. The molecular weight excluding hydrogens is 236 g/mol. The van der Waals surface area contributed by atoms with Gasteiger partial charge in [-0.25, -0.2) is 0 Å². The summed E-state index contributed by atoms with van der Waals surface area (Å²) in [6.07, 6.45) is 1.07. The van der Waals surface area contributed by atoms with E-state index in [0.29, 0.717) is 19.4 Å². The van der Waals surface area contributed by atoms with Crippen LogP contribution in [0.2, 0.25) is 0 Å². The largest absolute Gasteiger partial charge is 0.368 e. The van der Waals surface area contributed by atoms with E-state index in [1.54, 1.807) is 16.2 Å². The molecular formula is C12H16N2O2S. The van der Waals surface area contributed by atoms with Gasteiger partial charge in [-0.2, -0.15) is 0 Å². The van der Waals surface area contributed by atoms with Crippen LogP contribution in [0.25, 0.3) is 0 Å². The van der Waals surface area contributed by atoms with Crippen LogP contribution in [0.3, 0.4) is 0 Å². The minimum absolute atomic E-state index is 0.0362. The van der Waals surface area contributed by atoms with E-state index in [-0.39, 0.29) is 11.8 Å². The van der Waals surface area contributed by atoms with Crippen molar-refractivity contribution in [2.75, 3.05) is 6.54 Å². The molecule has 0 aromatic carbocycles. The fourth-order valence-electron chi connectivity index (χ4n) is 2.32. The molecule has 2 N–H and O–H groups in total. The van der Waals surface area contributed by atoms with Crippen LogP contribution in [-0.4, -0.2) is 29.3 Å². The smallest absolute Gasteiger partial charge is 0.240 e. The molecule has 1 aromatic rings. The molecule has 0 spiro atoms. The highest BCUT2D eigenvalue weighted by atomic mass is 32.1. The normalized spacial score (nSPS) is 21.8. The number of rotatable bonds is 4. The van der Waals surface area contributed by atoms with E-state index in [1.165, 1.54) is 4.88 Å². The molecule has 1 aromatic heterocycles. The Balaban J connectivity index is 2.12. The van der Waals surface area contributed by atoms with Crippen LogP contribution in [0, 0.1) is 0 Å². The topological polar surface area (TPSA) is 63.4 Å². The van der Waals surface area contributed by atoms with Crippen molar-refractivity contribution in [1.82, 2.24) is 4.90 Å². The van der Waals surface area contributed by atoms with Crippen molar-refractivity contribution >= 4 is 23.2 Å². The van der Waals surface area contributed by atoms with Gasteiger partial charge in [-0.15, -0.1) is 11.3 Å². The van der Waals surface area contributed by atoms with Gasteiger partial charge < -0.3 is 10.6 Å². The maximum absolute atomic E-state index is 11.9. The number of likely N-dealkylation sites (tertiary alicyclic amines) is 1. The molecule has 2 amide bonds. The third kappa shape index (κ3) is 2.34. The Kier molecular flexibility index (Phi) is 3.47. The van der Waals surface area contributed by atoms with Crippen molar-refractivity contribution in [3.05, 3.63) is 22.4 Å². The maximum atomic E-state index is 11.9. The van der Waals surface area contributed by atoms with Crippen LogP contribution in [0.4, 0.5) is 0 Å². The predicted octanol–water partition coefficient (Wildman–Crippen LogP) is 1.33. The monoisotopic (exact) mass is 252 g/mol. The standard InChI is InChI=1S/C12H16N2O2S/c1-2-9(12(13)16)14-7-8(6-11(14)15)10-4-3-5-17-10/h3-5,8-9H,2,6-7H2,1H3,(H2,13,16)/t8?,9-/m0/s1. The summed E-state index contributed by atoms with van der Waals surface area (Å²) in [5, 5.41) is 2.01. The first kappa shape index (κ1) is 12.1. The van der Waals surface area contributed by atoms with Crippen LogP contribution in [0.5, 0.6) is 0 Å². The number of amides is 2. The number of hydrogen-bond donors (Lipinski definition) is 1. The summed E-state index contributed by atoms with van der Waals surface area (Å²) in [5.74, 6) is -0.155. The molecule has 0 radical (unpaired) electrons. The summed E-state index contributed by atoms with van der Waals surface area (Å²) >= 11 is 1.66. The van der Waals surface area contributed by atoms with Crippen molar-refractivity contribution in [2.24, 2.45) is 5.73 Å². The van der Waals surface area contributed by atoms with Gasteiger partial charge in [0.2, 0.25) is 11.8 Å². The first-order chi connectivity index (χ1) is 8.13. The van der Waals surface area contributed by atoms with E-state index >= 15 is 0 Å². The van der Waals surface area contributed by atoms with E-state index < -0.39 is 11.9 Å². The van der Waals surface area contributed by atoms with Crippen LogP contribution in [-0.2, 0) is 9.59 Å². The lowest BCUT2D eigenvalue weighted by Crippen LogP contribution is -2.45. The highest BCUT2D eigenvalue weighted by Crippen LogP contribution is 2.32. The molecule has 4 nitrogen and oxygen atoms in total. The molecule has 17 heavy (non-hydrogen) atoms. The van der Waals surface area contributed by atoms with Crippen LogP contribution >= 0.6 is 11.3 Å². The summed E-state index contributed by atoms with van der Waals surface area (Å²) in [6, 6.07) is 3.57. The Hall–Kier alpha value is -1.36. The summed E-state index contributed by atoms with van der Waals surface area (Å²) in [5.41, 5.74) is 5.32. The van der Waals surface area contributed by atoms with Gasteiger partial charge in [-0.3, -0.25) is 9.59 Å². The van der Waals surface area contributed by atoms with Gasteiger partial charge in [0.1, 0.15) is 6.04 Å². The second-order valence-corrected chi connectivity index (χ2v) is 5.27. The Morgan fingerprint density at radius 2 is 2.47 bits per heavy atom. The Bertz CT molecular complexity index is 416. The highest BCUT2D eigenvalue weighted by Gasteiger charge is 2.36. The maximum Gasteiger partial charge on any atom is 0.240 e. The lowest BCUT2D eigenvalue weighted by atomic mass is 10.1. The second kappa shape index (κ2) is 4.87. The molecule has 2 rings (SSSR count). The number of thiophene rings is 1. The van der Waals surface area contributed by atoms with Crippen molar-refractivity contribution in [1.29, 1.82) is 0 Å². The van der Waals surface area contributed by atoms with Gasteiger partial charge >= 0.3 is 0 Å². The molecule has 1 fully saturated rings. The summed E-state index contributed by atoms with van der Waals surface area (Å²) in [7, 11) is 0.